The lowest BCUT2D eigenvalue weighted by Gasteiger charge is -2.31. The molecule has 1 aliphatic rings. The standard InChI is InChI=1S/C35H38N2O4/c1-3-27-17-30-19-32(20-31(30)18-28(27)4-2)36(22-25-11-7-5-8-12-25)23-34(38)29-15-16-35(33(21-29)37(39)40)41-24-26-13-9-6-10-14-26/h5-18,21,32,34,38H,3-4,19-20,22-24H2,1-2H3. The Bertz CT molecular complexity index is 1440. The van der Waals surface area contributed by atoms with Gasteiger partial charge in [-0.05, 0) is 70.7 Å². The van der Waals surface area contributed by atoms with Gasteiger partial charge in [0.1, 0.15) is 6.61 Å². The van der Waals surface area contributed by atoms with Crippen LogP contribution in [0.15, 0.2) is 91.0 Å². The first-order chi connectivity index (χ1) is 19.9. The average molecular weight is 551 g/mol. The number of nitrogens with zero attached hydrogens (tertiary/aromatic N) is 2. The van der Waals surface area contributed by atoms with Crippen molar-refractivity contribution in [1.82, 2.24) is 4.90 Å². The van der Waals surface area contributed by atoms with Crippen LogP contribution >= 0.6 is 0 Å². The minimum Gasteiger partial charge on any atom is -0.482 e. The molecule has 0 spiro atoms. The Kier molecular flexibility index (Phi) is 9.12. The van der Waals surface area contributed by atoms with Crippen molar-refractivity contribution >= 4 is 5.69 Å². The number of aryl methyl sites for hydroxylation is 2. The third-order valence-electron chi connectivity index (χ3n) is 8.15. The summed E-state index contributed by atoms with van der Waals surface area (Å²) in [5.74, 6) is 0.195. The molecular weight excluding hydrogens is 512 g/mol. The maximum Gasteiger partial charge on any atom is 0.311 e. The van der Waals surface area contributed by atoms with Gasteiger partial charge in [0.15, 0.2) is 5.75 Å². The summed E-state index contributed by atoms with van der Waals surface area (Å²) in [6, 6.07) is 29.6. The summed E-state index contributed by atoms with van der Waals surface area (Å²) >= 11 is 0. The molecule has 6 nitrogen and oxygen atoms in total. The SMILES string of the molecule is CCc1cc2c(cc1CC)CC(N(Cc1ccccc1)CC(O)c1ccc(OCc3ccccc3)c([N+](=O)[O-])c1)C2. The van der Waals surface area contributed by atoms with E-state index < -0.39 is 11.0 Å². The van der Waals surface area contributed by atoms with E-state index in [0.29, 0.717) is 18.7 Å². The first-order valence-electron chi connectivity index (χ1n) is 14.5. The number of aliphatic hydroxyl groups excluding tert-OH is 1. The highest BCUT2D eigenvalue weighted by atomic mass is 16.6. The molecule has 1 atom stereocenters. The van der Waals surface area contributed by atoms with Gasteiger partial charge in [0.2, 0.25) is 0 Å². The number of rotatable bonds is 12. The van der Waals surface area contributed by atoms with Gasteiger partial charge in [-0.15, -0.1) is 0 Å². The maximum absolute atomic E-state index is 11.9. The van der Waals surface area contributed by atoms with E-state index in [1.165, 1.54) is 33.9 Å². The zero-order valence-electron chi connectivity index (χ0n) is 23.8. The molecule has 0 heterocycles. The summed E-state index contributed by atoms with van der Waals surface area (Å²) in [6.07, 6.45) is 3.02. The molecule has 0 fully saturated rings. The van der Waals surface area contributed by atoms with Crippen molar-refractivity contribution < 1.29 is 14.8 Å². The summed E-state index contributed by atoms with van der Waals surface area (Å²) in [5, 5.41) is 23.4. The van der Waals surface area contributed by atoms with Gasteiger partial charge in [0, 0.05) is 25.2 Å². The highest BCUT2D eigenvalue weighted by Crippen LogP contribution is 2.34. The molecule has 5 rings (SSSR count). The van der Waals surface area contributed by atoms with Crippen LogP contribution < -0.4 is 4.74 Å². The van der Waals surface area contributed by atoms with Gasteiger partial charge < -0.3 is 9.84 Å². The van der Waals surface area contributed by atoms with E-state index in [0.717, 1.165) is 31.2 Å². The number of hydrogen-bond donors (Lipinski definition) is 1. The third-order valence-corrected chi connectivity index (χ3v) is 8.15. The molecular formula is C35H38N2O4. The lowest BCUT2D eigenvalue weighted by atomic mass is 9.97. The van der Waals surface area contributed by atoms with E-state index in [1.54, 1.807) is 12.1 Å². The summed E-state index contributed by atoms with van der Waals surface area (Å²) in [5.41, 5.74) is 8.11. The van der Waals surface area contributed by atoms with Crippen LogP contribution in [0.5, 0.6) is 5.75 Å². The van der Waals surface area contributed by atoms with Gasteiger partial charge in [-0.25, -0.2) is 0 Å². The molecule has 1 N–H and O–H groups in total. The topological polar surface area (TPSA) is 75.8 Å². The number of hydrogen-bond acceptors (Lipinski definition) is 5. The molecule has 4 aromatic carbocycles. The van der Waals surface area contributed by atoms with Crippen molar-refractivity contribution in [2.75, 3.05) is 6.54 Å². The fraction of sp³-hybridized carbons (Fsp3) is 0.314. The number of benzene rings is 4. The largest absolute Gasteiger partial charge is 0.482 e. The second kappa shape index (κ2) is 13.1. The molecule has 0 aliphatic heterocycles. The molecule has 1 unspecified atom stereocenters. The van der Waals surface area contributed by atoms with Crippen LogP contribution in [0.25, 0.3) is 0 Å². The van der Waals surface area contributed by atoms with E-state index >= 15 is 0 Å². The Hall–Kier alpha value is -4.00. The lowest BCUT2D eigenvalue weighted by molar-refractivity contribution is -0.386. The Labute approximate surface area is 242 Å². The lowest BCUT2D eigenvalue weighted by Crippen LogP contribution is -2.38. The van der Waals surface area contributed by atoms with Gasteiger partial charge in [-0.3, -0.25) is 15.0 Å². The number of nitro groups is 1. The zero-order valence-corrected chi connectivity index (χ0v) is 23.8. The summed E-state index contributed by atoms with van der Waals surface area (Å²) < 4.78 is 5.80. The van der Waals surface area contributed by atoms with Crippen molar-refractivity contribution in [2.24, 2.45) is 0 Å². The number of ether oxygens (including phenoxy) is 1. The molecule has 0 bridgehead atoms. The molecule has 0 saturated carbocycles. The fourth-order valence-corrected chi connectivity index (χ4v) is 5.90. The normalized spacial score (nSPS) is 13.8. The van der Waals surface area contributed by atoms with Crippen molar-refractivity contribution in [2.45, 2.75) is 64.8 Å². The molecule has 0 radical (unpaired) electrons. The van der Waals surface area contributed by atoms with Crippen LogP contribution in [0.3, 0.4) is 0 Å². The van der Waals surface area contributed by atoms with Crippen LogP contribution in [0.1, 0.15) is 58.9 Å². The molecule has 0 amide bonds. The quantitative estimate of drug-likeness (QED) is 0.152. The smallest absolute Gasteiger partial charge is 0.311 e. The fourth-order valence-electron chi connectivity index (χ4n) is 5.90. The molecule has 212 valence electrons. The van der Waals surface area contributed by atoms with E-state index in [4.69, 9.17) is 4.74 Å². The minimum absolute atomic E-state index is 0.139. The van der Waals surface area contributed by atoms with Crippen molar-refractivity contribution in [3.63, 3.8) is 0 Å². The van der Waals surface area contributed by atoms with E-state index in [-0.39, 0.29) is 24.1 Å². The predicted molar refractivity (Wildman–Crippen MR) is 162 cm³/mol. The predicted octanol–water partition coefficient (Wildman–Crippen LogP) is 7.00. The third kappa shape index (κ3) is 6.84. The van der Waals surface area contributed by atoms with Crippen molar-refractivity contribution in [3.05, 3.63) is 140 Å². The van der Waals surface area contributed by atoms with Crippen LogP contribution in [-0.2, 0) is 38.8 Å². The Morgan fingerprint density at radius 3 is 2.02 bits per heavy atom. The van der Waals surface area contributed by atoms with Gasteiger partial charge in [0.05, 0.1) is 11.0 Å². The van der Waals surface area contributed by atoms with Crippen molar-refractivity contribution in [1.29, 1.82) is 0 Å². The average Bonchev–Trinajstić information content (AvgIpc) is 3.42. The first-order valence-corrected chi connectivity index (χ1v) is 14.5. The van der Waals surface area contributed by atoms with Crippen molar-refractivity contribution in [3.8, 4) is 5.75 Å². The molecule has 0 aromatic heterocycles. The van der Waals surface area contributed by atoms with Gasteiger partial charge in [-0.1, -0.05) is 92.7 Å². The van der Waals surface area contributed by atoms with Crippen LogP contribution in [-0.4, -0.2) is 27.5 Å². The second-order valence-corrected chi connectivity index (χ2v) is 10.8. The van der Waals surface area contributed by atoms with E-state index in [9.17, 15) is 15.2 Å². The summed E-state index contributed by atoms with van der Waals surface area (Å²) in [4.78, 5) is 13.8. The second-order valence-electron chi connectivity index (χ2n) is 10.8. The Balaban J connectivity index is 1.36. The summed E-state index contributed by atoms with van der Waals surface area (Å²) in [7, 11) is 0. The van der Waals surface area contributed by atoms with Crippen LogP contribution in [0, 0.1) is 10.1 Å². The summed E-state index contributed by atoms with van der Waals surface area (Å²) in [6.45, 7) is 5.72. The van der Waals surface area contributed by atoms with E-state index in [1.807, 2.05) is 48.5 Å². The van der Waals surface area contributed by atoms with Crippen LogP contribution in [0.2, 0.25) is 0 Å². The Morgan fingerprint density at radius 1 is 0.878 bits per heavy atom. The highest BCUT2D eigenvalue weighted by molar-refractivity contribution is 5.49. The highest BCUT2D eigenvalue weighted by Gasteiger charge is 2.30. The van der Waals surface area contributed by atoms with Gasteiger partial charge in [0.25, 0.3) is 0 Å². The van der Waals surface area contributed by atoms with Gasteiger partial charge in [-0.2, -0.15) is 0 Å². The monoisotopic (exact) mass is 550 g/mol. The molecule has 6 heteroatoms. The van der Waals surface area contributed by atoms with Crippen LogP contribution in [0.4, 0.5) is 5.69 Å². The molecule has 41 heavy (non-hydrogen) atoms. The van der Waals surface area contributed by atoms with E-state index in [2.05, 4.69) is 43.0 Å². The number of fused-ring (bicyclic) bond motifs is 1. The Morgan fingerprint density at radius 2 is 1.46 bits per heavy atom. The minimum atomic E-state index is -0.887. The number of aliphatic hydroxyl groups is 1. The zero-order chi connectivity index (χ0) is 28.8. The van der Waals surface area contributed by atoms with Gasteiger partial charge >= 0.3 is 5.69 Å². The molecule has 1 aliphatic carbocycles. The number of nitro benzene ring substituents is 1. The molecule has 0 saturated heterocycles. The first kappa shape index (κ1) is 28.5. The maximum atomic E-state index is 11.9. The molecule has 4 aromatic rings.